The Bertz CT molecular complexity index is 1020. The number of aromatic nitrogens is 1. The maximum atomic E-state index is 15.1. The van der Waals surface area contributed by atoms with Gasteiger partial charge in [0.05, 0.1) is 17.4 Å². The molecule has 0 atom stereocenters. The summed E-state index contributed by atoms with van der Waals surface area (Å²) in [4.78, 5) is 17.4. The Morgan fingerprint density at radius 3 is 2.93 bits per heavy atom. The molecular formula is C19H19FN6O3. The summed E-state index contributed by atoms with van der Waals surface area (Å²) in [7, 11) is 0. The molecule has 29 heavy (non-hydrogen) atoms. The molecule has 1 aliphatic heterocycles. The Morgan fingerprint density at radius 2 is 2.34 bits per heavy atom. The number of nitrogens with two attached hydrogens (primary N) is 1. The number of benzene rings is 1. The van der Waals surface area contributed by atoms with Gasteiger partial charge in [0.25, 0.3) is 0 Å². The van der Waals surface area contributed by atoms with Gasteiger partial charge >= 0.3 is 6.09 Å². The van der Waals surface area contributed by atoms with Crippen LogP contribution in [0.15, 0.2) is 28.8 Å². The summed E-state index contributed by atoms with van der Waals surface area (Å²) in [6.45, 7) is 2.28. The fraction of sp³-hybridized carbons (Fsp3) is 0.263. The minimum absolute atomic E-state index is 0.107. The van der Waals surface area contributed by atoms with Gasteiger partial charge in [-0.25, -0.2) is 14.2 Å². The van der Waals surface area contributed by atoms with Crippen LogP contribution in [0.3, 0.4) is 0 Å². The molecular weight excluding hydrogens is 379 g/mol. The average Bonchev–Trinajstić information content (AvgIpc) is 3.12. The van der Waals surface area contributed by atoms with E-state index in [0.29, 0.717) is 31.2 Å². The highest BCUT2D eigenvalue weighted by molar-refractivity contribution is 5.90. The van der Waals surface area contributed by atoms with Gasteiger partial charge in [-0.3, -0.25) is 10.7 Å². The van der Waals surface area contributed by atoms with Crippen LogP contribution in [0, 0.1) is 29.5 Å². The maximum absolute atomic E-state index is 15.1. The summed E-state index contributed by atoms with van der Waals surface area (Å²) < 4.78 is 25.5. The highest BCUT2D eigenvalue weighted by Gasteiger charge is 2.23. The van der Waals surface area contributed by atoms with E-state index in [2.05, 4.69) is 4.98 Å². The molecule has 0 saturated carbocycles. The van der Waals surface area contributed by atoms with Gasteiger partial charge in [-0.2, -0.15) is 5.26 Å². The van der Waals surface area contributed by atoms with Crippen LogP contribution in [-0.2, 0) is 11.3 Å². The van der Waals surface area contributed by atoms with Gasteiger partial charge in [-0.05, 0) is 19.4 Å². The van der Waals surface area contributed by atoms with E-state index in [0.717, 1.165) is 5.57 Å². The van der Waals surface area contributed by atoms with Crippen molar-refractivity contribution >= 4 is 23.3 Å². The standard InChI is InChI=1S/C19H19FN6O3/c1-11-9-24-17(29-11)12-4-6-26(7-5-12)16-13(8-21)2-3-14(15(16)20)10-28-19(27)25-18(22)23/h2-4,9H,5-7,10H2,1H3,(H4,22,23,25,27). The molecule has 0 fully saturated rings. The Kier molecular flexibility index (Phi) is 5.78. The lowest BCUT2D eigenvalue weighted by molar-refractivity contribution is 0.143. The summed E-state index contributed by atoms with van der Waals surface area (Å²) in [5.41, 5.74) is 6.41. The number of carbonyl (C=O) groups excluding carboxylic acids is 1. The van der Waals surface area contributed by atoms with E-state index in [1.807, 2.05) is 24.4 Å². The van der Waals surface area contributed by atoms with Crippen LogP contribution in [0.2, 0.25) is 0 Å². The number of carbonyl (C=O) groups is 1. The Labute approximate surface area is 166 Å². The molecule has 1 aromatic carbocycles. The quantitative estimate of drug-likeness (QED) is 0.530. The van der Waals surface area contributed by atoms with Crippen LogP contribution in [0.5, 0.6) is 0 Å². The first-order chi connectivity index (χ1) is 13.9. The summed E-state index contributed by atoms with van der Waals surface area (Å²) >= 11 is 0. The summed E-state index contributed by atoms with van der Waals surface area (Å²) in [6.07, 6.45) is 3.14. The second-order valence-electron chi connectivity index (χ2n) is 6.36. The van der Waals surface area contributed by atoms with Gasteiger partial charge in [0.15, 0.2) is 11.8 Å². The molecule has 150 valence electrons. The van der Waals surface area contributed by atoms with Crippen molar-refractivity contribution < 1.29 is 18.3 Å². The number of oxazole rings is 1. The molecule has 1 aromatic heterocycles. The fourth-order valence-electron chi connectivity index (χ4n) is 2.98. The van der Waals surface area contributed by atoms with E-state index in [1.165, 1.54) is 12.1 Å². The van der Waals surface area contributed by atoms with E-state index in [9.17, 15) is 10.1 Å². The minimum atomic E-state index is -0.963. The summed E-state index contributed by atoms with van der Waals surface area (Å²) in [5, 5.41) is 18.3. The average molecular weight is 398 g/mol. The number of ether oxygens (including phenoxy) is 1. The number of amides is 1. The number of guanidine groups is 1. The third kappa shape index (κ3) is 4.52. The first-order valence-corrected chi connectivity index (χ1v) is 8.75. The number of rotatable bonds is 4. The van der Waals surface area contributed by atoms with Crippen molar-refractivity contribution in [2.45, 2.75) is 20.0 Å². The number of alkyl carbamates (subject to hydrolysis) is 1. The highest BCUT2D eigenvalue weighted by atomic mass is 19.1. The number of hydrogen-bond donors (Lipinski definition) is 3. The molecule has 0 bridgehead atoms. The van der Waals surface area contributed by atoms with Crippen LogP contribution in [-0.4, -0.2) is 30.1 Å². The molecule has 2 heterocycles. The van der Waals surface area contributed by atoms with Crippen molar-refractivity contribution in [1.82, 2.24) is 10.3 Å². The van der Waals surface area contributed by atoms with E-state index in [4.69, 9.17) is 20.3 Å². The fourth-order valence-corrected chi connectivity index (χ4v) is 2.98. The van der Waals surface area contributed by atoms with Crippen molar-refractivity contribution in [3.8, 4) is 6.07 Å². The SMILES string of the molecule is Cc1cnc(C2=CCN(c3c(C#N)ccc(COC(=O)NC(=N)N)c3F)CC2)o1. The summed E-state index contributed by atoms with van der Waals surface area (Å²) in [6, 6.07) is 4.87. The lowest BCUT2D eigenvalue weighted by Gasteiger charge is -2.29. The predicted octanol–water partition coefficient (Wildman–Crippen LogP) is 2.41. The van der Waals surface area contributed by atoms with Crippen molar-refractivity contribution in [2.24, 2.45) is 5.73 Å². The van der Waals surface area contributed by atoms with Crippen molar-refractivity contribution in [3.05, 3.63) is 53.0 Å². The molecule has 10 heteroatoms. The van der Waals surface area contributed by atoms with Crippen LogP contribution < -0.4 is 16.0 Å². The number of nitrogens with zero attached hydrogens (tertiary/aromatic N) is 3. The van der Waals surface area contributed by atoms with E-state index < -0.39 is 17.9 Å². The van der Waals surface area contributed by atoms with E-state index in [-0.39, 0.29) is 23.4 Å². The lowest BCUT2D eigenvalue weighted by atomic mass is 10.0. The van der Waals surface area contributed by atoms with Crippen molar-refractivity contribution in [3.63, 3.8) is 0 Å². The van der Waals surface area contributed by atoms with Gasteiger partial charge in [-0.1, -0.05) is 12.1 Å². The van der Waals surface area contributed by atoms with Gasteiger partial charge < -0.3 is 19.8 Å². The number of aryl methyl sites for hydroxylation is 1. The second-order valence-corrected chi connectivity index (χ2v) is 6.36. The second kappa shape index (κ2) is 8.43. The Balaban J connectivity index is 1.80. The molecule has 4 N–H and O–H groups in total. The number of nitrogens with one attached hydrogen (secondary N) is 2. The zero-order valence-corrected chi connectivity index (χ0v) is 15.7. The van der Waals surface area contributed by atoms with Crippen molar-refractivity contribution in [1.29, 1.82) is 10.7 Å². The highest BCUT2D eigenvalue weighted by Crippen LogP contribution is 2.31. The van der Waals surface area contributed by atoms with Crippen LogP contribution in [0.4, 0.5) is 14.9 Å². The smallest absolute Gasteiger partial charge is 0.414 e. The molecule has 1 amide bonds. The predicted molar refractivity (Wildman–Crippen MR) is 102 cm³/mol. The molecule has 0 radical (unpaired) electrons. The minimum Gasteiger partial charge on any atom is -0.444 e. The molecule has 0 saturated heterocycles. The Hall–Kier alpha value is -3.87. The van der Waals surface area contributed by atoms with Crippen LogP contribution in [0.25, 0.3) is 5.57 Å². The van der Waals surface area contributed by atoms with E-state index >= 15 is 4.39 Å². The lowest BCUT2D eigenvalue weighted by Crippen LogP contribution is -2.36. The zero-order valence-electron chi connectivity index (χ0n) is 15.7. The Morgan fingerprint density at radius 1 is 1.55 bits per heavy atom. The zero-order chi connectivity index (χ0) is 21.0. The number of anilines is 1. The molecule has 9 nitrogen and oxygen atoms in total. The number of nitriles is 1. The molecule has 1 aliphatic rings. The first-order valence-electron chi connectivity index (χ1n) is 8.75. The van der Waals surface area contributed by atoms with Gasteiger partial charge in [0.1, 0.15) is 18.4 Å². The topological polar surface area (TPSA) is 141 Å². The number of halogens is 1. The van der Waals surface area contributed by atoms with Crippen LogP contribution in [0.1, 0.15) is 29.2 Å². The third-order valence-electron chi connectivity index (χ3n) is 4.33. The molecule has 3 rings (SSSR count). The summed E-state index contributed by atoms with van der Waals surface area (Å²) in [5.74, 6) is 0.0426. The maximum Gasteiger partial charge on any atom is 0.414 e. The largest absolute Gasteiger partial charge is 0.444 e. The van der Waals surface area contributed by atoms with Gasteiger partial charge in [-0.15, -0.1) is 0 Å². The molecule has 0 spiro atoms. The first kappa shape index (κ1) is 19.9. The molecule has 0 aliphatic carbocycles. The molecule has 0 unspecified atom stereocenters. The molecule has 2 aromatic rings. The van der Waals surface area contributed by atoms with Gasteiger partial charge in [0.2, 0.25) is 5.89 Å². The van der Waals surface area contributed by atoms with Gasteiger partial charge in [0, 0.05) is 24.2 Å². The van der Waals surface area contributed by atoms with Crippen LogP contribution >= 0.6 is 0 Å². The number of hydrogen-bond acceptors (Lipinski definition) is 7. The van der Waals surface area contributed by atoms with E-state index in [1.54, 1.807) is 11.1 Å². The monoisotopic (exact) mass is 398 g/mol. The van der Waals surface area contributed by atoms with Crippen molar-refractivity contribution in [2.75, 3.05) is 18.0 Å². The normalized spacial score (nSPS) is 13.4. The third-order valence-corrected chi connectivity index (χ3v) is 4.33.